The van der Waals surface area contributed by atoms with E-state index < -0.39 is 28.8 Å². The van der Waals surface area contributed by atoms with Crippen LogP contribution in [0.1, 0.15) is 39.2 Å². The smallest absolute Gasteiger partial charge is 0.329 e. The average molecular weight is 335 g/mol. The monoisotopic (exact) mass is 335 g/mol. The first-order valence-electron chi connectivity index (χ1n) is 7.84. The van der Waals surface area contributed by atoms with Crippen LogP contribution >= 0.6 is 0 Å². The number of benzene rings is 1. The van der Waals surface area contributed by atoms with Gasteiger partial charge in [0.2, 0.25) is 6.41 Å². The molecular formula is C18H25NO5. The SMILES string of the molecule is CC(C)(C)C(C[C@](CCc1ccccc1)(NC=O)C(=O)O)C(=O)O. The van der Waals surface area contributed by atoms with E-state index in [1.165, 1.54) is 0 Å². The molecule has 6 heteroatoms. The van der Waals surface area contributed by atoms with Crippen molar-refractivity contribution in [3.63, 3.8) is 0 Å². The number of aliphatic carboxylic acids is 2. The molecule has 0 bridgehead atoms. The van der Waals surface area contributed by atoms with Gasteiger partial charge in [0.15, 0.2) is 0 Å². The molecule has 0 aliphatic carbocycles. The third-order valence-electron chi connectivity index (χ3n) is 4.32. The minimum Gasteiger partial charge on any atom is -0.481 e. The number of rotatable bonds is 9. The quantitative estimate of drug-likeness (QED) is 0.601. The Balaban J connectivity index is 3.10. The molecule has 6 nitrogen and oxygen atoms in total. The summed E-state index contributed by atoms with van der Waals surface area (Å²) in [7, 11) is 0. The van der Waals surface area contributed by atoms with Gasteiger partial charge in [0.1, 0.15) is 5.54 Å². The first-order chi connectivity index (χ1) is 11.1. The Bertz CT molecular complexity index is 579. The molecule has 0 saturated carbocycles. The van der Waals surface area contributed by atoms with Crippen LogP contribution in [0.5, 0.6) is 0 Å². The minimum absolute atomic E-state index is 0.116. The zero-order chi connectivity index (χ0) is 18.4. The van der Waals surface area contributed by atoms with E-state index in [1.54, 1.807) is 20.8 Å². The lowest BCUT2D eigenvalue weighted by molar-refractivity contribution is -0.152. The van der Waals surface area contributed by atoms with Crippen molar-refractivity contribution in [1.29, 1.82) is 0 Å². The molecule has 0 aliphatic rings. The zero-order valence-electron chi connectivity index (χ0n) is 14.3. The topological polar surface area (TPSA) is 104 Å². The fourth-order valence-electron chi connectivity index (χ4n) is 2.72. The number of hydrogen-bond acceptors (Lipinski definition) is 3. The van der Waals surface area contributed by atoms with Crippen molar-refractivity contribution < 1.29 is 24.6 Å². The van der Waals surface area contributed by atoms with E-state index >= 15 is 0 Å². The summed E-state index contributed by atoms with van der Waals surface area (Å²) < 4.78 is 0. The van der Waals surface area contributed by atoms with Gasteiger partial charge in [-0.3, -0.25) is 9.59 Å². The second-order valence-electron chi connectivity index (χ2n) is 7.10. The van der Waals surface area contributed by atoms with Gasteiger partial charge in [-0.2, -0.15) is 0 Å². The van der Waals surface area contributed by atoms with Crippen molar-refractivity contribution in [2.75, 3.05) is 0 Å². The number of aryl methyl sites for hydroxylation is 1. The van der Waals surface area contributed by atoms with E-state index in [9.17, 15) is 24.6 Å². The lowest BCUT2D eigenvalue weighted by Gasteiger charge is -2.36. The number of carboxylic acids is 2. The van der Waals surface area contributed by atoms with E-state index in [-0.39, 0.29) is 12.8 Å². The minimum atomic E-state index is -1.62. The molecule has 1 amide bonds. The number of carbonyl (C=O) groups is 3. The van der Waals surface area contributed by atoms with Gasteiger partial charge >= 0.3 is 11.9 Å². The van der Waals surface area contributed by atoms with Crippen molar-refractivity contribution in [1.82, 2.24) is 5.32 Å². The van der Waals surface area contributed by atoms with E-state index in [4.69, 9.17) is 0 Å². The highest BCUT2D eigenvalue weighted by molar-refractivity contribution is 5.83. The summed E-state index contributed by atoms with van der Waals surface area (Å²) in [6.07, 6.45) is 0.697. The molecule has 0 aromatic heterocycles. The molecule has 2 atom stereocenters. The molecule has 0 fully saturated rings. The normalized spacial score (nSPS) is 15.1. The Morgan fingerprint density at radius 2 is 1.75 bits per heavy atom. The summed E-state index contributed by atoms with van der Waals surface area (Å²) in [6, 6.07) is 9.29. The predicted octanol–water partition coefficient (Wildman–Crippen LogP) is 2.33. The summed E-state index contributed by atoms with van der Waals surface area (Å²) in [5.41, 5.74) is -1.32. The fourth-order valence-corrected chi connectivity index (χ4v) is 2.72. The Labute approximate surface area is 141 Å². The number of carbonyl (C=O) groups excluding carboxylic acids is 1. The molecule has 0 heterocycles. The van der Waals surface area contributed by atoms with Crippen LogP contribution in [0.15, 0.2) is 30.3 Å². The van der Waals surface area contributed by atoms with E-state index in [2.05, 4.69) is 5.32 Å². The molecule has 0 saturated heterocycles. The van der Waals surface area contributed by atoms with E-state index in [1.807, 2.05) is 30.3 Å². The van der Waals surface area contributed by atoms with Crippen molar-refractivity contribution in [3.8, 4) is 0 Å². The lowest BCUT2D eigenvalue weighted by Crippen LogP contribution is -2.55. The molecule has 0 radical (unpaired) electrons. The van der Waals surface area contributed by atoms with Crippen LogP contribution in [0.25, 0.3) is 0 Å². The van der Waals surface area contributed by atoms with Crippen molar-refractivity contribution >= 4 is 18.3 Å². The highest BCUT2D eigenvalue weighted by Gasteiger charge is 2.45. The van der Waals surface area contributed by atoms with Gasteiger partial charge in [0.25, 0.3) is 0 Å². The second-order valence-corrected chi connectivity index (χ2v) is 7.10. The van der Waals surface area contributed by atoms with Gasteiger partial charge in [-0.25, -0.2) is 4.79 Å². The zero-order valence-corrected chi connectivity index (χ0v) is 14.3. The van der Waals surface area contributed by atoms with Crippen LogP contribution in [0.3, 0.4) is 0 Å². The number of amides is 1. The van der Waals surface area contributed by atoms with E-state index in [0.29, 0.717) is 12.8 Å². The summed E-state index contributed by atoms with van der Waals surface area (Å²) in [5.74, 6) is -3.20. The van der Waals surface area contributed by atoms with E-state index in [0.717, 1.165) is 5.56 Å². The second kappa shape index (κ2) is 7.95. The number of carboxylic acid groups (broad SMARTS) is 2. The van der Waals surface area contributed by atoms with Crippen LogP contribution in [0.4, 0.5) is 0 Å². The summed E-state index contributed by atoms with van der Waals surface area (Å²) in [5, 5.41) is 21.6. The first-order valence-corrected chi connectivity index (χ1v) is 7.84. The Kier molecular flexibility index (Phi) is 6.51. The molecule has 3 N–H and O–H groups in total. The maximum Gasteiger partial charge on any atom is 0.329 e. The predicted molar refractivity (Wildman–Crippen MR) is 89.5 cm³/mol. The maximum atomic E-state index is 11.9. The highest BCUT2D eigenvalue weighted by atomic mass is 16.4. The van der Waals surface area contributed by atoms with Crippen LogP contribution in [0, 0.1) is 11.3 Å². The van der Waals surface area contributed by atoms with Crippen molar-refractivity contribution in [2.45, 2.75) is 45.6 Å². The van der Waals surface area contributed by atoms with Crippen LogP contribution in [0.2, 0.25) is 0 Å². The molecule has 1 unspecified atom stereocenters. The van der Waals surface area contributed by atoms with Crippen LogP contribution in [-0.2, 0) is 20.8 Å². The van der Waals surface area contributed by atoms with Gasteiger partial charge < -0.3 is 15.5 Å². The summed E-state index contributed by atoms with van der Waals surface area (Å²) in [4.78, 5) is 34.5. The average Bonchev–Trinajstić information content (AvgIpc) is 2.49. The van der Waals surface area contributed by atoms with Crippen LogP contribution < -0.4 is 5.32 Å². The summed E-state index contributed by atoms with van der Waals surface area (Å²) in [6.45, 7) is 5.24. The maximum absolute atomic E-state index is 11.9. The first kappa shape index (κ1) is 19.7. The molecule has 0 aliphatic heterocycles. The largest absolute Gasteiger partial charge is 0.481 e. The van der Waals surface area contributed by atoms with Gasteiger partial charge in [0, 0.05) is 0 Å². The number of nitrogens with one attached hydrogen (secondary N) is 1. The van der Waals surface area contributed by atoms with Crippen molar-refractivity contribution in [3.05, 3.63) is 35.9 Å². The number of hydrogen-bond donors (Lipinski definition) is 3. The molecule has 132 valence electrons. The summed E-state index contributed by atoms with van der Waals surface area (Å²) >= 11 is 0. The van der Waals surface area contributed by atoms with Gasteiger partial charge in [-0.05, 0) is 30.2 Å². The fraction of sp³-hybridized carbons (Fsp3) is 0.500. The highest BCUT2D eigenvalue weighted by Crippen LogP contribution is 2.35. The standard InChI is InChI=1S/C18H25NO5/c1-17(2,3)14(15(21)22)11-18(16(23)24,19-12-20)10-9-13-7-5-4-6-8-13/h4-8,12,14H,9-11H2,1-3H3,(H,19,20)(H,21,22)(H,23,24)/t14?,18-/m0/s1. The Morgan fingerprint density at radius 3 is 2.17 bits per heavy atom. The van der Waals surface area contributed by atoms with Gasteiger partial charge in [-0.1, -0.05) is 51.1 Å². The molecular weight excluding hydrogens is 310 g/mol. The van der Waals surface area contributed by atoms with Crippen molar-refractivity contribution in [2.24, 2.45) is 11.3 Å². The third-order valence-corrected chi connectivity index (χ3v) is 4.32. The van der Waals surface area contributed by atoms with Gasteiger partial charge in [0.05, 0.1) is 5.92 Å². The van der Waals surface area contributed by atoms with Crippen LogP contribution in [-0.4, -0.2) is 34.1 Å². The Hall–Kier alpha value is -2.37. The lowest BCUT2D eigenvalue weighted by atomic mass is 9.72. The third kappa shape index (κ3) is 5.08. The molecule has 1 rings (SSSR count). The molecule has 1 aromatic rings. The molecule has 0 spiro atoms. The Morgan fingerprint density at radius 1 is 1.17 bits per heavy atom. The molecule has 1 aromatic carbocycles. The molecule has 24 heavy (non-hydrogen) atoms. The van der Waals surface area contributed by atoms with Gasteiger partial charge in [-0.15, -0.1) is 0 Å².